The van der Waals surface area contributed by atoms with Crippen molar-refractivity contribution < 1.29 is 24.2 Å². The first-order chi connectivity index (χ1) is 20.6. The Morgan fingerprint density at radius 3 is 2.33 bits per heavy atom. The van der Waals surface area contributed by atoms with Crippen LogP contribution in [-0.2, 0) is 19.1 Å². The summed E-state index contributed by atoms with van der Waals surface area (Å²) >= 11 is 0. The van der Waals surface area contributed by atoms with Gasteiger partial charge in [0.25, 0.3) is 0 Å². The van der Waals surface area contributed by atoms with Gasteiger partial charge in [-0.2, -0.15) is 0 Å². The lowest BCUT2D eigenvalue weighted by atomic mass is 9.62. The Morgan fingerprint density at radius 1 is 1.09 bits per heavy atom. The molecule has 3 saturated heterocycles. The van der Waals surface area contributed by atoms with Gasteiger partial charge in [0, 0.05) is 24.8 Å². The van der Waals surface area contributed by atoms with Crippen LogP contribution in [0.5, 0.6) is 0 Å². The largest absolute Gasteiger partial charge is 0.394 e. The fourth-order valence-electron chi connectivity index (χ4n) is 8.64. The molecule has 1 saturated carbocycles. The Labute approximate surface area is 256 Å². The Hall–Kier alpha value is -2.97. The summed E-state index contributed by atoms with van der Waals surface area (Å²) in [6, 6.07) is 7.96. The number of nitrogens with zero attached hydrogens (tertiary/aromatic N) is 3. The first-order valence-corrected chi connectivity index (χ1v) is 16.1. The molecule has 1 aromatic carbocycles. The zero-order chi connectivity index (χ0) is 31.1. The van der Waals surface area contributed by atoms with Crippen LogP contribution in [-0.4, -0.2) is 81.7 Å². The van der Waals surface area contributed by atoms with Crippen LogP contribution in [0.1, 0.15) is 66.2 Å². The number of anilines is 1. The van der Waals surface area contributed by atoms with Gasteiger partial charge in [-0.3, -0.25) is 14.4 Å². The zero-order valence-electron chi connectivity index (χ0n) is 26.3. The highest BCUT2D eigenvalue weighted by molar-refractivity contribution is 6.03. The topological polar surface area (TPSA) is 90.4 Å². The van der Waals surface area contributed by atoms with Gasteiger partial charge >= 0.3 is 0 Å². The molecule has 3 amide bonds. The molecule has 0 aromatic heterocycles. The lowest BCUT2D eigenvalue weighted by molar-refractivity contribution is -0.158. The number of carbonyl (C=O) groups excluding carboxylic acids is 3. The molecule has 234 valence electrons. The number of hydrogen-bond acceptors (Lipinski definition) is 5. The highest BCUT2D eigenvalue weighted by atomic mass is 16.5. The van der Waals surface area contributed by atoms with E-state index in [2.05, 4.69) is 20.1 Å². The molecule has 3 unspecified atom stereocenters. The Bertz CT molecular complexity index is 1230. The number of aliphatic hydroxyl groups is 1. The summed E-state index contributed by atoms with van der Waals surface area (Å²) in [6.45, 7) is 16.1. The van der Waals surface area contributed by atoms with E-state index in [4.69, 9.17) is 4.74 Å². The smallest absolute Gasteiger partial charge is 0.248 e. The summed E-state index contributed by atoms with van der Waals surface area (Å²) in [5.74, 6) is -2.44. The second-order valence-corrected chi connectivity index (χ2v) is 13.6. The first-order valence-electron chi connectivity index (χ1n) is 16.1. The fourth-order valence-corrected chi connectivity index (χ4v) is 8.64. The molecule has 4 fully saturated rings. The molecule has 7 atom stereocenters. The van der Waals surface area contributed by atoms with Gasteiger partial charge in [-0.25, -0.2) is 0 Å². The van der Waals surface area contributed by atoms with Gasteiger partial charge in [0.05, 0.1) is 30.1 Å². The molecule has 8 heteroatoms. The summed E-state index contributed by atoms with van der Waals surface area (Å²) < 4.78 is 7.02. The molecule has 1 aromatic rings. The molecule has 3 heterocycles. The predicted octanol–water partition coefficient (Wildman–Crippen LogP) is 4.58. The van der Waals surface area contributed by atoms with Crippen LogP contribution in [0.15, 0.2) is 55.6 Å². The van der Waals surface area contributed by atoms with Gasteiger partial charge in [-0.05, 0) is 50.2 Å². The number of para-hydroxylation sites is 1. The minimum atomic E-state index is -1.17. The number of fused-ring (bicyclic) bond motifs is 1. The van der Waals surface area contributed by atoms with Gasteiger partial charge in [0.1, 0.15) is 11.6 Å². The van der Waals surface area contributed by atoms with E-state index in [9.17, 15) is 19.5 Å². The van der Waals surface area contributed by atoms with Crippen LogP contribution in [0.3, 0.4) is 0 Å². The summed E-state index contributed by atoms with van der Waals surface area (Å²) in [5.41, 5.74) is -1.38. The molecule has 4 aliphatic rings. The maximum absolute atomic E-state index is 14.9. The third-order valence-corrected chi connectivity index (χ3v) is 10.8. The summed E-state index contributed by atoms with van der Waals surface area (Å²) in [4.78, 5) is 49.6. The van der Waals surface area contributed by atoms with Gasteiger partial charge in [0.15, 0.2) is 0 Å². The molecular weight excluding hydrogens is 542 g/mol. The van der Waals surface area contributed by atoms with Crippen molar-refractivity contribution in [3.63, 3.8) is 0 Å². The second-order valence-electron chi connectivity index (χ2n) is 13.6. The minimum Gasteiger partial charge on any atom is -0.394 e. The lowest BCUT2D eigenvalue weighted by Gasteiger charge is -2.43. The van der Waals surface area contributed by atoms with Gasteiger partial charge < -0.3 is 24.5 Å². The second kappa shape index (κ2) is 12.2. The van der Waals surface area contributed by atoms with Crippen molar-refractivity contribution in [2.75, 3.05) is 24.6 Å². The van der Waals surface area contributed by atoms with Crippen LogP contribution in [0.25, 0.3) is 0 Å². The molecule has 3 aliphatic heterocycles. The number of aliphatic hydroxyl groups excluding tert-OH is 1. The van der Waals surface area contributed by atoms with Gasteiger partial charge in [0.2, 0.25) is 17.7 Å². The molecule has 1 N–H and O–H groups in total. The van der Waals surface area contributed by atoms with Crippen molar-refractivity contribution in [3.8, 4) is 0 Å². The van der Waals surface area contributed by atoms with Crippen molar-refractivity contribution in [1.82, 2.24) is 9.80 Å². The summed E-state index contributed by atoms with van der Waals surface area (Å²) in [5, 5.41) is 10.6. The third-order valence-electron chi connectivity index (χ3n) is 10.8. The number of likely N-dealkylation sites (tertiary alicyclic amines) is 1. The normalized spacial score (nSPS) is 32.5. The van der Waals surface area contributed by atoms with Crippen molar-refractivity contribution in [3.05, 3.63) is 55.6 Å². The molecule has 1 aliphatic carbocycles. The average molecular weight is 592 g/mol. The van der Waals surface area contributed by atoms with E-state index in [1.165, 1.54) is 0 Å². The number of ether oxygens (including phenoxy) is 1. The fraction of sp³-hybridized carbons (Fsp3) is 0.629. The van der Waals surface area contributed by atoms with Crippen LogP contribution in [0, 0.1) is 23.7 Å². The standard InChI is InChI=1S/C35H49N3O5/c1-7-19-36(25-15-11-9-12-16-25)31(40)28-29-32(41)38(27(22-39)23(3)4)30(35(29)21-24(5)34(28,6)43-35)33(42)37(20-8-2)26-17-13-10-14-18-26/h7-9,11-12,15-16,23-24,26-30,39H,1-2,10,13-14,17-22H2,3-6H3/t24?,27-,28+,29-,30?,34-,35?/m0/s1. The zero-order valence-corrected chi connectivity index (χ0v) is 26.3. The van der Waals surface area contributed by atoms with E-state index >= 15 is 0 Å². The average Bonchev–Trinajstić information content (AvgIpc) is 3.51. The van der Waals surface area contributed by atoms with Crippen LogP contribution in [0.2, 0.25) is 0 Å². The Morgan fingerprint density at radius 2 is 1.74 bits per heavy atom. The monoisotopic (exact) mass is 591 g/mol. The summed E-state index contributed by atoms with van der Waals surface area (Å²) in [6.07, 6.45) is 9.02. The van der Waals surface area contributed by atoms with Gasteiger partial charge in [-0.15, -0.1) is 13.2 Å². The van der Waals surface area contributed by atoms with E-state index in [1.54, 1.807) is 22.0 Å². The molecule has 0 radical (unpaired) electrons. The first kappa shape index (κ1) is 31.5. The van der Waals surface area contributed by atoms with Gasteiger partial charge in [-0.1, -0.05) is 70.4 Å². The number of carbonyl (C=O) groups is 3. The number of benzene rings is 1. The van der Waals surface area contributed by atoms with Crippen LogP contribution >= 0.6 is 0 Å². The van der Waals surface area contributed by atoms with Crippen molar-refractivity contribution in [1.29, 1.82) is 0 Å². The highest BCUT2D eigenvalue weighted by Gasteiger charge is 2.80. The molecule has 1 spiro atoms. The van der Waals surface area contributed by atoms with E-state index in [1.807, 2.05) is 56.0 Å². The Balaban J connectivity index is 1.64. The third kappa shape index (κ3) is 4.95. The molecule has 2 bridgehead atoms. The van der Waals surface area contributed by atoms with Crippen molar-refractivity contribution in [2.24, 2.45) is 23.7 Å². The van der Waals surface area contributed by atoms with Crippen LogP contribution in [0.4, 0.5) is 5.69 Å². The van der Waals surface area contributed by atoms with E-state index in [-0.39, 0.29) is 48.8 Å². The Kier molecular flexibility index (Phi) is 8.92. The quantitative estimate of drug-likeness (QED) is 0.381. The molecule has 43 heavy (non-hydrogen) atoms. The molecular formula is C35H49N3O5. The number of rotatable bonds is 11. The molecule has 5 rings (SSSR count). The maximum Gasteiger partial charge on any atom is 0.248 e. The number of amides is 3. The van der Waals surface area contributed by atoms with E-state index in [0.717, 1.165) is 37.8 Å². The minimum absolute atomic E-state index is 0.0588. The van der Waals surface area contributed by atoms with Crippen LogP contribution < -0.4 is 4.90 Å². The number of hydrogen-bond donors (Lipinski definition) is 1. The highest BCUT2D eigenvalue weighted by Crippen LogP contribution is 2.66. The van der Waals surface area contributed by atoms with Crippen molar-refractivity contribution in [2.45, 2.75) is 95.5 Å². The molecule has 8 nitrogen and oxygen atoms in total. The lowest BCUT2D eigenvalue weighted by Crippen LogP contribution is -2.61. The SMILES string of the molecule is C=CCN(C(=O)[C@H]1[C@H]2C(=O)N([C@@H](CO)C(C)C)C(C(=O)N(CC=C)C3CCCCC3)C23CC(C)[C@]1(C)O3)c1ccccc1. The van der Waals surface area contributed by atoms with Crippen molar-refractivity contribution >= 4 is 23.4 Å². The van der Waals surface area contributed by atoms with E-state index in [0.29, 0.717) is 13.0 Å². The maximum atomic E-state index is 14.9. The van der Waals surface area contributed by atoms with E-state index < -0.39 is 35.1 Å². The summed E-state index contributed by atoms with van der Waals surface area (Å²) in [7, 11) is 0. The predicted molar refractivity (Wildman–Crippen MR) is 167 cm³/mol.